The van der Waals surface area contributed by atoms with E-state index in [0.29, 0.717) is 24.4 Å². The van der Waals surface area contributed by atoms with Crippen molar-refractivity contribution in [1.82, 2.24) is 0 Å². The van der Waals surface area contributed by atoms with Gasteiger partial charge in [-0.1, -0.05) is 72.8 Å². The number of β-amino-alcohol motifs (C(OH)–C–C–N with tert-alkyl or cyclic N) is 1. The van der Waals surface area contributed by atoms with Gasteiger partial charge in [0.05, 0.1) is 13.7 Å². The van der Waals surface area contributed by atoms with Crippen LogP contribution < -0.4 is 4.90 Å². The zero-order chi connectivity index (χ0) is 24.5. The molecule has 3 aromatic carbocycles. The third-order valence-corrected chi connectivity index (χ3v) is 6.56. The molecule has 178 valence electrons. The summed E-state index contributed by atoms with van der Waals surface area (Å²) in [6, 6.07) is 23.5. The lowest BCUT2D eigenvalue weighted by Crippen LogP contribution is -2.44. The highest BCUT2D eigenvalue weighted by molar-refractivity contribution is 5.67. The van der Waals surface area contributed by atoms with Crippen molar-refractivity contribution in [3.63, 3.8) is 0 Å². The summed E-state index contributed by atoms with van der Waals surface area (Å²) in [5.74, 6) is 0.549. The average Bonchev–Trinajstić information content (AvgIpc) is 3.12. The fraction of sp³-hybridized carbons (Fsp3) is 0.286. The molecule has 1 unspecified atom stereocenters. The number of para-hydroxylation sites is 1. The van der Waals surface area contributed by atoms with Gasteiger partial charge in [0.1, 0.15) is 5.76 Å². The van der Waals surface area contributed by atoms with Crippen LogP contribution in [-0.4, -0.2) is 37.6 Å². The third-order valence-electron chi connectivity index (χ3n) is 6.56. The van der Waals surface area contributed by atoms with E-state index < -0.39 is 24.2 Å². The lowest BCUT2D eigenvalue weighted by molar-refractivity contribution is -0.200. The van der Waals surface area contributed by atoms with Crippen molar-refractivity contribution < 1.29 is 23.0 Å². The molecule has 0 radical (unpaired) electrons. The zero-order valence-electron chi connectivity index (χ0n) is 19.3. The number of benzene rings is 3. The number of ether oxygens (including phenoxy) is 1. The molecule has 0 saturated heterocycles. The van der Waals surface area contributed by atoms with Gasteiger partial charge in [0.25, 0.3) is 0 Å². The summed E-state index contributed by atoms with van der Waals surface area (Å²) in [4.78, 5) is 1.66. The van der Waals surface area contributed by atoms with Crippen LogP contribution in [0.4, 0.5) is 18.9 Å². The number of alkyl halides is 3. The van der Waals surface area contributed by atoms with E-state index in [9.17, 15) is 18.3 Å². The minimum absolute atomic E-state index is 0.318. The van der Waals surface area contributed by atoms with Gasteiger partial charge in [0.15, 0.2) is 6.10 Å². The number of aliphatic hydroxyl groups excluding tert-OH is 1. The minimum Gasteiger partial charge on any atom is -0.497 e. The van der Waals surface area contributed by atoms with E-state index in [1.807, 2.05) is 73.7 Å². The number of nitrogens with zero attached hydrogens (tertiary/aromatic N) is 1. The number of aryl methyl sites for hydroxylation is 1. The average molecular weight is 468 g/mol. The molecule has 0 aromatic heterocycles. The van der Waals surface area contributed by atoms with Gasteiger partial charge in [-0.3, -0.25) is 0 Å². The molecule has 0 saturated carbocycles. The Morgan fingerprint density at radius 2 is 1.82 bits per heavy atom. The minimum atomic E-state index is -4.68. The van der Waals surface area contributed by atoms with Crippen LogP contribution in [0.3, 0.4) is 0 Å². The highest BCUT2D eigenvalue weighted by atomic mass is 19.4. The highest BCUT2D eigenvalue weighted by Crippen LogP contribution is 2.48. The molecule has 1 aliphatic rings. The van der Waals surface area contributed by atoms with Crippen LogP contribution in [-0.2, 0) is 16.6 Å². The Morgan fingerprint density at radius 3 is 2.53 bits per heavy atom. The SMILES string of the molecule is C=C(OC)c1cccc(CC2(c3cccc(C)c3)CN(C[C@@H](O)C(F)(F)F)c3ccccc32)c1. The maximum absolute atomic E-state index is 13.3. The van der Waals surface area contributed by atoms with E-state index in [1.165, 1.54) is 0 Å². The van der Waals surface area contributed by atoms with E-state index in [-0.39, 0.29) is 0 Å². The second kappa shape index (κ2) is 9.18. The fourth-order valence-electron chi connectivity index (χ4n) is 4.89. The fourth-order valence-corrected chi connectivity index (χ4v) is 4.89. The van der Waals surface area contributed by atoms with Crippen LogP contribution in [0.15, 0.2) is 79.4 Å². The Morgan fingerprint density at radius 1 is 1.09 bits per heavy atom. The van der Waals surface area contributed by atoms with Gasteiger partial charge >= 0.3 is 6.18 Å². The summed E-state index contributed by atoms with van der Waals surface area (Å²) >= 11 is 0. The topological polar surface area (TPSA) is 32.7 Å². The molecule has 3 nitrogen and oxygen atoms in total. The molecule has 6 heteroatoms. The van der Waals surface area contributed by atoms with Gasteiger partial charge < -0.3 is 14.7 Å². The van der Waals surface area contributed by atoms with Crippen molar-refractivity contribution in [2.45, 2.75) is 31.0 Å². The molecule has 1 N–H and O–H groups in total. The van der Waals surface area contributed by atoms with E-state index in [1.54, 1.807) is 12.0 Å². The van der Waals surface area contributed by atoms with Crippen molar-refractivity contribution in [1.29, 1.82) is 0 Å². The first-order valence-electron chi connectivity index (χ1n) is 11.1. The predicted octanol–water partition coefficient (Wildman–Crippen LogP) is 5.88. The molecule has 4 rings (SSSR count). The van der Waals surface area contributed by atoms with E-state index in [0.717, 1.165) is 27.8 Å². The lowest BCUT2D eigenvalue weighted by atomic mass is 9.71. The first-order chi connectivity index (χ1) is 16.1. The Bertz CT molecular complexity index is 1190. The number of aliphatic hydroxyl groups is 1. The predicted molar refractivity (Wildman–Crippen MR) is 129 cm³/mol. The standard InChI is InChI=1S/C28H28F3NO2/c1-19-8-6-11-23(14-19)27(16-21-9-7-10-22(15-21)20(2)34-3)18-32(17-26(33)28(29,30)31)25-13-5-4-12-24(25)27/h4-15,26,33H,2,16-18H2,1,3H3/t26-,27?/m1/s1. The molecule has 34 heavy (non-hydrogen) atoms. The summed E-state index contributed by atoms with van der Waals surface area (Å²) in [6.45, 7) is 5.75. The molecule has 0 spiro atoms. The van der Waals surface area contributed by atoms with Crippen LogP contribution in [0.1, 0.15) is 27.8 Å². The van der Waals surface area contributed by atoms with Gasteiger partial charge in [-0.25, -0.2) is 0 Å². The smallest absolute Gasteiger partial charge is 0.416 e. The molecule has 1 heterocycles. The van der Waals surface area contributed by atoms with Crippen LogP contribution in [0, 0.1) is 6.92 Å². The number of halogens is 3. The second-order valence-corrected chi connectivity index (χ2v) is 8.91. The first-order valence-corrected chi connectivity index (χ1v) is 11.1. The van der Waals surface area contributed by atoms with E-state index in [4.69, 9.17) is 4.74 Å². The second-order valence-electron chi connectivity index (χ2n) is 8.91. The monoisotopic (exact) mass is 467 g/mol. The molecule has 2 atom stereocenters. The molecule has 1 aliphatic heterocycles. The molecule has 3 aromatic rings. The molecular weight excluding hydrogens is 439 g/mol. The van der Waals surface area contributed by atoms with Crippen molar-refractivity contribution in [3.8, 4) is 0 Å². The van der Waals surface area contributed by atoms with Gasteiger partial charge in [-0.05, 0) is 42.2 Å². The maximum Gasteiger partial charge on any atom is 0.416 e. The van der Waals surface area contributed by atoms with Crippen molar-refractivity contribution in [3.05, 3.63) is 107 Å². The van der Waals surface area contributed by atoms with Gasteiger partial charge in [-0.2, -0.15) is 13.2 Å². The molecule has 0 fully saturated rings. The Kier molecular flexibility index (Phi) is 6.45. The highest BCUT2D eigenvalue weighted by Gasteiger charge is 2.47. The normalized spacial score (nSPS) is 18.5. The molecular formula is C28H28F3NO2. The van der Waals surface area contributed by atoms with Crippen molar-refractivity contribution in [2.24, 2.45) is 0 Å². The first kappa shape index (κ1) is 23.9. The van der Waals surface area contributed by atoms with Crippen LogP contribution in [0.25, 0.3) is 5.76 Å². The van der Waals surface area contributed by atoms with Crippen LogP contribution >= 0.6 is 0 Å². The van der Waals surface area contributed by atoms with E-state index >= 15 is 0 Å². The molecule has 0 bridgehead atoms. The van der Waals surface area contributed by atoms with Gasteiger partial charge in [0, 0.05) is 23.2 Å². The zero-order valence-corrected chi connectivity index (χ0v) is 19.3. The van der Waals surface area contributed by atoms with Gasteiger partial charge in [-0.15, -0.1) is 0 Å². The van der Waals surface area contributed by atoms with Crippen LogP contribution in [0.2, 0.25) is 0 Å². The summed E-state index contributed by atoms with van der Waals surface area (Å²) in [6.07, 6.45) is -6.54. The lowest BCUT2D eigenvalue weighted by Gasteiger charge is -2.33. The number of methoxy groups -OCH3 is 1. The van der Waals surface area contributed by atoms with Gasteiger partial charge in [0.2, 0.25) is 0 Å². The quantitative estimate of drug-likeness (QED) is 0.440. The number of anilines is 1. The Labute approximate surface area is 198 Å². The molecule has 0 aliphatic carbocycles. The van der Waals surface area contributed by atoms with E-state index in [2.05, 4.69) is 12.6 Å². The number of hydrogen-bond donors (Lipinski definition) is 1. The van der Waals surface area contributed by atoms with Crippen molar-refractivity contribution >= 4 is 11.4 Å². The number of hydrogen-bond acceptors (Lipinski definition) is 3. The summed E-state index contributed by atoms with van der Waals surface area (Å²) in [5.41, 5.74) is 5.04. The summed E-state index contributed by atoms with van der Waals surface area (Å²) < 4.78 is 45.1. The van der Waals surface area contributed by atoms with Crippen molar-refractivity contribution in [2.75, 3.05) is 25.1 Å². The maximum atomic E-state index is 13.3. The largest absolute Gasteiger partial charge is 0.497 e. The number of fused-ring (bicyclic) bond motifs is 1. The summed E-state index contributed by atoms with van der Waals surface area (Å²) in [5, 5.41) is 9.88. The van der Waals surface area contributed by atoms with Crippen LogP contribution in [0.5, 0.6) is 0 Å². The Balaban J connectivity index is 1.83. The molecule has 0 amide bonds. The summed E-state index contributed by atoms with van der Waals surface area (Å²) in [7, 11) is 1.57. The number of rotatable bonds is 7. The third kappa shape index (κ3) is 4.55. The Hall–Kier alpha value is -3.25.